The summed E-state index contributed by atoms with van der Waals surface area (Å²) >= 11 is 0. The summed E-state index contributed by atoms with van der Waals surface area (Å²) in [6.45, 7) is 12.4. The lowest BCUT2D eigenvalue weighted by Crippen LogP contribution is -2.51. The molecule has 13 heavy (non-hydrogen) atoms. The Labute approximate surface area is 83.9 Å². The average molecular weight is 186 g/mol. The number of hydrazine groups is 1. The standard InChI is InChI=1S/C11H26N2/c1-8-11(4,5)13(7)12(6)9-10(2)3/h10H,8-9H2,1-7H3. The minimum Gasteiger partial charge on any atom is -0.244 e. The van der Waals surface area contributed by atoms with Gasteiger partial charge in [0.15, 0.2) is 0 Å². The van der Waals surface area contributed by atoms with Crippen molar-refractivity contribution < 1.29 is 0 Å². The van der Waals surface area contributed by atoms with Gasteiger partial charge in [-0.2, -0.15) is 0 Å². The van der Waals surface area contributed by atoms with Crippen LogP contribution in [0.5, 0.6) is 0 Å². The maximum Gasteiger partial charge on any atom is 0.0294 e. The lowest BCUT2D eigenvalue weighted by atomic mass is 10.0. The second-order valence-corrected chi connectivity index (χ2v) is 4.92. The van der Waals surface area contributed by atoms with E-state index < -0.39 is 0 Å². The SMILES string of the molecule is CCC(C)(C)N(C)N(C)CC(C)C. The zero-order valence-electron chi connectivity index (χ0n) is 10.4. The second-order valence-electron chi connectivity index (χ2n) is 4.92. The third-order valence-electron chi connectivity index (χ3n) is 2.88. The average Bonchev–Trinajstić information content (AvgIpc) is 2.01. The summed E-state index contributed by atoms with van der Waals surface area (Å²) in [6, 6.07) is 0. The van der Waals surface area contributed by atoms with Gasteiger partial charge in [-0.3, -0.25) is 0 Å². The quantitative estimate of drug-likeness (QED) is 0.609. The van der Waals surface area contributed by atoms with Crippen molar-refractivity contribution in [3.63, 3.8) is 0 Å². The van der Waals surface area contributed by atoms with Crippen LogP contribution in [0.1, 0.15) is 41.0 Å². The molecule has 0 N–H and O–H groups in total. The molecule has 80 valence electrons. The Kier molecular flexibility index (Phi) is 4.93. The molecule has 2 heteroatoms. The first-order valence-corrected chi connectivity index (χ1v) is 5.26. The van der Waals surface area contributed by atoms with Crippen molar-refractivity contribution in [3.8, 4) is 0 Å². The van der Waals surface area contributed by atoms with E-state index in [1.54, 1.807) is 0 Å². The topological polar surface area (TPSA) is 6.48 Å². The lowest BCUT2D eigenvalue weighted by Gasteiger charge is -2.41. The van der Waals surface area contributed by atoms with Crippen LogP contribution in [0, 0.1) is 5.92 Å². The van der Waals surface area contributed by atoms with Crippen molar-refractivity contribution in [2.45, 2.75) is 46.6 Å². The minimum atomic E-state index is 0.267. The van der Waals surface area contributed by atoms with E-state index in [1.807, 2.05) is 0 Å². The van der Waals surface area contributed by atoms with Crippen molar-refractivity contribution in [1.82, 2.24) is 10.0 Å². The van der Waals surface area contributed by atoms with Gasteiger partial charge < -0.3 is 0 Å². The minimum absolute atomic E-state index is 0.267. The van der Waals surface area contributed by atoms with Gasteiger partial charge in [0, 0.05) is 26.2 Å². The highest BCUT2D eigenvalue weighted by molar-refractivity contribution is 4.75. The maximum atomic E-state index is 2.34. The van der Waals surface area contributed by atoms with Gasteiger partial charge in [-0.15, -0.1) is 0 Å². The van der Waals surface area contributed by atoms with Crippen molar-refractivity contribution in [3.05, 3.63) is 0 Å². The summed E-state index contributed by atoms with van der Waals surface area (Å²) in [6.07, 6.45) is 1.17. The third kappa shape index (κ3) is 4.10. The number of rotatable bonds is 5. The number of nitrogens with zero attached hydrogens (tertiary/aromatic N) is 2. The fraction of sp³-hybridized carbons (Fsp3) is 1.00. The number of hydrogen-bond donors (Lipinski definition) is 0. The van der Waals surface area contributed by atoms with Crippen LogP contribution in [0.2, 0.25) is 0 Å². The Morgan fingerprint density at radius 2 is 1.62 bits per heavy atom. The van der Waals surface area contributed by atoms with Crippen LogP contribution in [-0.2, 0) is 0 Å². The molecular weight excluding hydrogens is 160 g/mol. The highest BCUT2D eigenvalue weighted by Crippen LogP contribution is 2.18. The summed E-state index contributed by atoms with van der Waals surface area (Å²) in [4.78, 5) is 0. The molecule has 0 amide bonds. The van der Waals surface area contributed by atoms with E-state index in [2.05, 4.69) is 58.7 Å². The van der Waals surface area contributed by atoms with Gasteiger partial charge in [-0.05, 0) is 26.2 Å². The van der Waals surface area contributed by atoms with Crippen LogP contribution in [0.3, 0.4) is 0 Å². The Bertz CT molecular complexity index is 141. The molecule has 0 unspecified atom stereocenters. The molecule has 0 aromatic carbocycles. The van der Waals surface area contributed by atoms with Crippen LogP contribution in [0.25, 0.3) is 0 Å². The molecule has 0 saturated heterocycles. The van der Waals surface area contributed by atoms with Gasteiger partial charge in [-0.25, -0.2) is 10.0 Å². The van der Waals surface area contributed by atoms with E-state index >= 15 is 0 Å². The molecule has 0 aliphatic heterocycles. The summed E-state index contributed by atoms with van der Waals surface area (Å²) in [5, 5.41) is 4.65. The van der Waals surface area contributed by atoms with Gasteiger partial charge in [0.05, 0.1) is 0 Å². The fourth-order valence-corrected chi connectivity index (χ4v) is 1.34. The van der Waals surface area contributed by atoms with Crippen molar-refractivity contribution in [2.24, 2.45) is 5.92 Å². The monoisotopic (exact) mass is 186 g/mol. The number of hydrogen-bond acceptors (Lipinski definition) is 2. The molecule has 0 saturated carbocycles. The van der Waals surface area contributed by atoms with Gasteiger partial charge in [0.25, 0.3) is 0 Å². The predicted molar refractivity (Wildman–Crippen MR) is 59.6 cm³/mol. The normalized spacial score (nSPS) is 13.4. The first kappa shape index (κ1) is 12.9. The van der Waals surface area contributed by atoms with Crippen LogP contribution >= 0.6 is 0 Å². The maximum absolute atomic E-state index is 2.34. The van der Waals surface area contributed by atoms with Crippen LogP contribution in [-0.4, -0.2) is 36.2 Å². The van der Waals surface area contributed by atoms with Crippen LogP contribution in [0.4, 0.5) is 0 Å². The molecule has 0 heterocycles. The van der Waals surface area contributed by atoms with Crippen LogP contribution in [0.15, 0.2) is 0 Å². The Balaban J connectivity index is 4.16. The highest BCUT2D eigenvalue weighted by Gasteiger charge is 2.24. The molecule has 0 spiro atoms. The van der Waals surface area contributed by atoms with E-state index in [4.69, 9.17) is 0 Å². The smallest absolute Gasteiger partial charge is 0.0294 e. The molecule has 0 aromatic rings. The van der Waals surface area contributed by atoms with Gasteiger partial charge in [-0.1, -0.05) is 20.8 Å². The van der Waals surface area contributed by atoms with E-state index in [0.29, 0.717) is 0 Å². The molecule has 2 nitrogen and oxygen atoms in total. The van der Waals surface area contributed by atoms with E-state index in [1.165, 1.54) is 6.42 Å². The molecule has 0 radical (unpaired) electrons. The molecule has 0 aliphatic rings. The van der Waals surface area contributed by atoms with E-state index in [-0.39, 0.29) is 5.54 Å². The van der Waals surface area contributed by atoms with Crippen molar-refractivity contribution in [1.29, 1.82) is 0 Å². The first-order chi connectivity index (χ1) is 5.81. The summed E-state index contributed by atoms with van der Waals surface area (Å²) in [7, 11) is 4.34. The van der Waals surface area contributed by atoms with E-state index in [9.17, 15) is 0 Å². The second kappa shape index (κ2) is 4.97. The molecular formula is C11H26N2. The van der Waals surface area contributed by atoms with Gasteiger partial charge in [0.2, 0.25) is 0 Å². The zero-order valence-corrected chi connectivity index (χ0v) is 10.4. The molecule has 0 aromatic heterocycles. The highest BCUT2D eigenvalue weighted by atomic mass is 15.6. The predicted octanol–water partition coefficient (Wildman–Crippen LogP) is 2.61. The Hall–Kier alpha value is -0.0800. The molecule has 0 aliphatic carbocycles. The Morgan fingerprint density at radius 3 is 1.92 bits per heavy atom. The summed E-state index contributed by atoms with van der Waals surface area (Å²) in [5.74, 6) is 0.722. The first-order valence-electron chi connectivity index (χ1n) is 5.26. The molecule has 0 atom stereocenters. The molecule has 0 rings (SSSR count). The molecule has 0 bridgehead atoms. The van der Waals surface area contributed by atoms with Gasteiger partial charge in [0.1, 0.15) is 0 Å². The Morgan fingerprint density at radius 1 is 1.15 bits per heavy atom. The van der Waals surface area contributed by atoms with Crippen molar-refractivity contribution in [2.75, 3.05) is 20.6 Å². The summed E-state index contributed by atoms with van der Waals surface area (Å²) in [5.41, 5.74) is 0.267. The van der Waals surface area contributed by atoms with Gasteiger partial charge >= 0.3 is 0 Å². The van der Waals surface area contributed by atoms with Crippen LogP contribution < -0.4 is 0 Å². The molecule has 0 fully saturated rings. The summed E-state index contributed by atoms with van der Waals surface area (Å²) < 4.78 is 0. The largest absolute Gasteiger partial charge is 0.244 e. The fourth-order valence-electron chi connectivity index (χ4n) is 1.34. The van der Waals surface area contributed by atoms with Crippen molar-refractivity contribution >= 4 is 0 Å². The zero-order chi connectivity index (χ0) is 10.6. The van der Waals surface area contributed by atoms with E-state index in [0.717, 1.165) is 12.5 Å². The lowest BCUT2D eigenvalue weighted by molar-refractivity contribution is -0.0637. The third-order valence-corrected chi connectivity index (χ3v) is 2.88.